The third-order valence-corrected chi connectivity index (χ3v) is 2.30. The van der Waals surface area contributed by atoms with E-state index in [0.29, 0.717) is 5.57 Å². The van der Waals surface area contributed by atoms with Crippen molar-refractivity contribution in [2.45, 2.75) is 13.8 Å². The third kappa shape index (κ3) is 4.02. The molecule has 0 aromatic rings. The number of carbonyl (C=O) groups excluding carboxylic acids is 1. The molecule has 1 aliphatic rings. The van der Waals surface area contributed by atoms with Gasteiger partial charge in [-0.15, -0.1) is 0 Å². The lowest BCUT2D eigenvalue weighted by atomic mass is 10.0. The zero-order valence-corrected chi connectivity index (χ0v) is 10.6. The molecule has 0 radical (unpaired) electrons. The molecule has 19 heavy (non-hydrogen) atoms. The molecule has 0 aliphatic heterocycles. The van der Waals surface area contributed by atoms with E-state index in [1.165, 1.54) is 37.3 Å². The zero-order chi connectivity index (χ0) is 14.4. The second-order valence-corrected chi connectivity index (χ2v) is 3.71. The smallest absolute Gasteiger partial charge is 0.341 e. The van der Waals surface area contributed by atoms with E-state index in [1.807, 2.05) is 0 Å². The number of allylic oxidation sites excluding steroid dienone is 6. The molecule has 0 unspecified atom stereocenters. The van der Waals surface area contributed by atoms with Crippen molar-refractivity contribution in [1.82, 2.24) is 0 Å². The Bertz CT molecular complexity index is 497. The molecule has 0 aromatic heterocycles. The average molecular weight is 264 g/mol. The normalized spacial score (nSPS) is 15.1. The van der Waals surface area contributed by atoms with Gasteiger partial charge in [0, 0.05) is 12.2 Å². The van der Waals surface area contributed by atoms with Crippen molar-refractivity contribution in [1.29, 1.82) is 0 Å². The lowest BCUT2D eigenvalue weighted by molar-refractivity contribution is -0.377. The number of aliphatic hydroxyl groups is 1. The van der Waals surface area contributed by atoms with Gasteiger partial charge in [0.05, 0.1) is 12.2 Å². The number of rotatable bonds is 3. The van der Waals surface area contributed by atoms with Crippen molar-refractivity contribution in [3.63, 3.8) is 0 Å². The Balaban J connectivity index is 3.00. The summed E-state index contributed by atoms with van der Waals surface area (Å²) in [4.78, 5) is 11.1. The van der Waals surface area contributed by atoms with Crippen LogP contribution in [-0.4, -0.2) is 28.3 Å². The summed E-state index contributed by atoms with van der Waals surface area (Å²) in [7, 11) is 0. The predicted octanol–water partition coefficient (Wildman–Crippen LogP) is 1.88. The van der Waals surface area contributed by atoms with Crippen LogP contribution >= 0.6 is 0 Å². The van der Waals surface area contributed by atoms with Crippen LogP contribution in [0.3, 0.4) is 0 Å². The van der Waals surface area contributed by atoms with Crippen molar-refractivity contribution >= 4 is 11.7 Å². The molecular weight excluding hydrogens is 250 g/mol. The highest BCUT2D eigenvalue weighted by atomic mass is 16.8. The van der Waals surface area contributed by atoms with E-state index in [1.54, 1.807) is 6.92 Å². The van der Waals surface area contributed by atoms with Crippen molar-refractivity contribution in [2.75, 3.05) is 6.61 Å². The van der Waals surface area contributed by atoms with Gasteiger partial charge in [0.1, 0.15) is 5.76 Å². The molecule has 6 heteroatoms. The van der Waals surface area contributed by atoms with Crippen LogP contribution in [-0.2, 0) is 9.53 Å². The van der Waals surface area contributed by atoms with E-state index < -0.39 is 10.9 Å². The third-order valence-electron chi connectivity index (χ3n) is 2.30. The Morgan fingerprint density at radius 1 is 1.37 bits per heavy atom. The largest absolute Gasteiger partial charge is 0.612 e. The molecule has 102 valence electrons. The minimum Gasteiger partial charge on any atom is -0.612 e. The van der Waals surface area contributed by atoms with Crippen molar-refractivity contribution in [3.05, 3.63) is 57.7 Å². The quantitative estimate of drug-likeness (QED) is 0.276. The van der Waals surface area contributed by atoms with Crippen LogP contribution in [0.25, 0.3) is 0 Å². The number of hydrogen-bond acceptors (Lipinski definition) is 5. The van der Waals surface area contributed by atoms with Gasteiger partial charge in [0.2, 0.25) is 5.71 Å². The molecule has 0 spiro atoms. The molecule has 0 saturated heterocycles. The Morgan fingerprint density at radius 2 is 1.95 bits per heavy atom. The molecule has 0 saturated carbocycles. The first-order valence-corrected chi connectivity index (χ1v) is 5.62. The van der Waals surface area contributed by atoms with E-state index in [0.717, 1.165) is 0 Å². The molecule has 0 bridgehead atoms. The fraction of sp³-hybridized carbons (Fsp3) is 0.231. The number of ether oxygens (including phenoxy) is 1. The summed E-state index contributed by atoms with van der Waals surface area (Å²) in [5, 5.41) is 30.5. The molecule has 1 rings (SSSR count). The Labute approximate surface area is 110 Å². The molecule has 0 amide bonds. The number of nitrogens with zero attached hydrogens (tertiary/aromatic N) is 1. The van der Waals surface area contributed by atoms with Crippen molar-refractivity contribution in [3.8, 4) is 0 Å². The highest BCUT2D eigenvalue weighted by molar-refractivity contribution is 6.02. The SMILES string of the molecule is CCOC(=O)C(C=C1C=CC(=[N+]([O-])[O-])C=C1)=C(C)O. The summed E-state index contributed by atoms with van der Waals surface area (Å²) < 4.78 is 4.80. The summed E-state index contributed by atoms with van der Waals surface area (Å²) >= 11 is 0. The summed E-state index contributed by atoms with van der Waals surface area (Å²) in [5.74, 6) is -0.808. The second-order valence-electron chi connectivity index (χ2n) is 3.71. The number of hydrogen-bond donors (Lipinski definition) is 1. The molecule has 0 aromatic carbocycles. The maximum atomic E-state index is 11.6. The Kier molecular flexibility index (Phi) is 4.93. The average Bonchev–Trinajstić information content (AvgIpc) is 2.36. The topological polar surface area (TPSA) is 95.7 Å². The van der Waals surface area contributed by atoms with Crippen LogP contribution in [0.4, 0.5) is 0 Å². The molecule has 0 heterocycles. The van der Waals surface area contributed by atoms with Crippen molar-refractivity contribution < 1.29 is 19.5 Å². The van der Waals surface area contributed by atoms with Crippen LogP contribution in [0.2, 0.25) is 0 Å². The fourth-order valence-corrected chi connectivity index (χ4v) is 1.38. The van der Waals surface area contributed by atoms with Gasteiger partial charge in [-0.1, -0.05) is 0 Å². The molecule has 0 atom stereocenters. The first kappa shape index (κ1) is 14.6. The van der Waals surface area contributed by atoms with Gasteiger partial charge in [-0.2, -0.15) is 4.90 Å². The van der Waals surface area contributed by atoms with E-state index in [9.17, 15) is 20.3 Å². The van der Waals surface area contributed by atoms with Gasteiger partial charge in [0.15, 0.2) is 0 Å². The molecule has 1 N–H and O–H groups in total. The first-order chi connectivity index (χ1) is 8.95. The van der Waals surface area contributed by atoms with Gasteiger partial charge >= 0.3 is 5.97 Å². The Hall–Kier alpha value is -2.50. The second kappa shape index (κ2) is 6.44. The van der Waals surface area contributed by atoms with Crippen LogP contribution in [0.15, 0.2) is 47.3 Å². The number of esters is 1. The number of carbonyl (C=O) groups is 1. The van der Waals surface area contributed by atoms with Crippen LogP contribution in [0.1, 0.15) is 13.8 Å². The van der Waals surface area contributed by atoms with E-state index in [4.69, 9.17) is 4.74 Å². The monoisotopic (exact) mass is 264 g/mol. The molecular formula is C13H14NO5-. The van der Waals surface area contributed by atoms with Gasteiger partial charge in [-0.25, -0.2) is 4.79 Å². The lowest BCUT2D eigenvalue weighted by Crippen LogP contribution is -2.09. The van der Waals surface area contributed by atoms with E-state index >= 15 is 0 Å². The maximum absolute atomic E-state index is 11.6. The maximum Gasteiger partial charge on any atom is 0.341 e. The zero-order valence-electron chi connectivity index (χ0n) is 10.6. The van der Waals surface area contributed by atoms with E-state index in [2.05, 4.69) is 0 Å². The van der Waals surface area contributed by atoms with Gasteiger partial charge in [-0.05, 0) is 37.6 Å². The number of aliphatic hydroxyl groups excluding tert-OH is 1. The summed E-state index contributed by atoms with van der Waals surface area (Å²) in [6, 6.07) is 0. The van der Waals surface area contributed by atoms with Crippen LogP contribution in [0.5, 0.6) is 0 Å². The van der Waals surface area contributed by atoms with E-state index in [-0.39, 0.29) is 23.7 Å². The highest BCUT2D eigenvalue weighted by Gasteiger charge is 2.13. The minimum absolute atomic E-state index is 0.0238. The first-order valence-electron chi connectivity index (χ1n) is 5.62. The minimum atomic E-state index is -0.638. The summed E-state index contributed by atoms with van der Waals surface area (Å²) in [6.07, 6.45) is 7.03. The Morgan fingerprint density at radius 3 is 2.37 bits per heavy atom. The van der Waals surface area contributed by atoms with Crippen molar-refractivity contribution in [2.24, 2.45) is 0 Å². The standard InChI is InChI=1S/C13H14NO5/c1-3-19-13(16)12(9(2)15)8-10-4-6-11(7-5-10)14(17)18/h4-8H,3H2,1-2H3,(H-,15,16,17,18)/q-1. The van der Waals surface area contributed by atoms with Gasteiger partial charge in [0.25, 0.3) is 0 Å². The van der Waals surface area contributed by atoms with Crippen LogP contribution < -0.4 is 0 Å². The van der Waals surface area contributed by atoms with Gasteiger partial charge < -0.3 is 20.3 Å². The highest BCUT2D eigenvalue weighted by Crippen LogP contribution is 2.14. The fourth-order valence-electron chi connectivity index (χ4n) is 1.38. The molecule has 1 aliphatic carbocycles. The molecule has 6 nitrogen and oxygen atoms in total. The van der Waals surface area contributed by atoms with Crippen LogP contribution in [0, 0.1) is 10.4 Å². The van der Waals surface area contributed by atoms with Gasteiger partial charge in [-0.3, -0.25) is 0 Å². The summed E-state index contributed by atoms with van der Waals surface area (Å²) in [6.45, 7) is 3.23. The predicted molar refractivity (Wildman–Crippen MR) is 70.3 cm³/mol. The summed E-state index contributed by atoms with van der Waals surface area (Å²) in [5.41, 5.74) is 0.539. The lowest BCUT2D eigenvalue weighted by Gasteiger charge is -2.09. The molecule has 0 fully saturated rings.